The fraction of sp³-hybridized carbons (Fsp3) is 0. The van der Waals surface area contributed by atoms with Gasteiger partial charge in [0.25, 0.3) is 0 Å². The highest BCUT2D eigenvalue weighted by Crippen LogP contribution is 1.67. The van der Waals surface area contributed by atoms with E-state index in [0.717, 1.165) is 0 Å². The average Bonchev–Trinajstić information content (AvgIpc) is 0.918. The molecule has 0 spiro atoms. The molecular formula is CH4AlCl2. The summed E-state index contributed by atoms with van der Waals surface area (Å²) in [5.41, 5.74) is 0. The average molecular weight is 114 g/mol. The van der Waals surface area contributed by atoms with Crippen molar-refractivity contribution in [3.8, 4) is 0 Å². The highest BCUT2D eigenvalue weighted by atomic mass is 35.7. The molecule has 4 heavy (non-hydrogen) atoms. The predicted octanol–water partition coefficient (Wildman–Crippen LogP) is 1.18. The zero-order chi connectivity index (χ0) is 2.71. The van der Waals surface area contributed by atoms with E-state index in [0.29, 0.717) is 0 Å². The van der Waals surface area contributed by atoms with Crippen molar-refractivity contribution in [2.24, 2.45) is 0 Å². The standard InChI is InChI=1S/CH3.Al.2ClH.H/h1H3;;2*1H;/q;+2;;;/p-2. The van der Waals surface area contributed by atoms with Crippen molar-refractivity contribution in [3.63, 3.8) is 0 Å². The van der Waals surface area contributed by atoms with Crippen LogP contribution in [0.4, 0.5) is 0 Å². The number of halogens is 2. The van der Waals surface area contributed by atoms with Gasteiger partial charge < -0.3 is 0 Å². The lowest BCUT2D eigenvalue weighted by Crippen LogP contribution is -1.36. The fourth-order valence-electron chi connectivity index (χ4n) is 0. The van der Waals surface area contributed by atoms with Crippen LogP contribution in [-0.4, -0.2) is 13.4 Å². The Bertz CT molecular complexity index is 6.00. The Hall–Kier alpha value is 1.11. The molecular weight excluding hydrogens is 110 g/mol. The molecule has 0 heterocycles. The molecule has 0 saturated carbocycles. The maximum absolute atomic E-state index is 4.90. The van der Waals surface area contributed by atoms with Crippen LogP contribution in [-0.2, 0) is 0 Å². The van der Waals surface area contributed by atoms with Crippen molar-refractivity contribution in [2.45, 2.75) is 0 Å². The number of rotatable bonds is 0. The first kappa shape index (κ1) is 8.93. The Labute approximate surface area is 41.2 Å². The first-order valence-corrected chi connectivity index (χ1v) is 4.81. The summed E-state index contributed by atoms with van der Waals surface area (Å²) >= 11 is -0.639. The lowest BCUT2D eigenvalue weighted by Gasteiger charge is -1.33. The first-order valence-electron chi connectivity index (χ1n) is 0.535. The molecule has 3 heteroatoms. The van der Waals surface area contributed by atoms with Gasteiger partial charge in [-0.15, -0.1) is 0 Å². The Morgan fingerprint density at radius 3 is 1.25 bits per heavy atom. The largest absolute Gasteiger partial charge is 0.499 e. The van der Waals surface area contributed by atoms with Crippen molar-refractivity contribution < 1.29 is 0 Å². The maximum Gasteiger partial charge on any atom is 0.499 e. The zero-order valence-electron chi connectivity index (χ0n) is 2.46. The van der Waals surface area contributed by atoms with E-state index >= 15 is 0 Å². The third kappa shape index (κ3) is 11.2. The second kappa shape index (κ2) is 8.93. The molecule has 0 amide bonds. The van der Waals surface area contributed by atoms with Crippen LogP contribution in [0, 0.1) is 7.43 Å². The van der Waals surface area contributed by atoms with Gasteiger partial charge in [0.1, 0.15) is 0 Å². The van der Waals surface area contributed by atoms with E-state index in [2.05, 4.69) is 0 Å². The summed E-state index contributed by atoms with van der Waals surface area (Å²) in [5.74, 6) is 0. The van der Waals surface area contributed by atoms with Gasteiger partial charge in [-0.3, -0.25) is 0 Å². The SMILES string of the molecule is [CH3].[Cl][AlH][Cl]. The van der Waals surface area contributed by atoms with Crippen LogP contribution in [0.25, 0.3) is 0 Å². The lowest BCUT2D eigenvalue weighted by atomic mass is 12.0. The van der Waals surface area contributed by atoms with Crippen molar-refractivity contribution >= 4 is 33.5 Å². The summed E-state index contributed by atoms with van der Waals surface area (Å²) < 4.78 is 0. The van der Waals surface area contributed by atoms with Gasteiger partial charge in [0.15, 0.2) is 0 Å². The predicted molar refractivity (Wildman–Crippen MR) is 25.3 cm³/mol. The molecule has 0 rings (SSSR count). The normalized spacial score (nSPS) is 3.50. The van der Waals surface area contributed by atoms with Crippen LogP contribution in [0.1, 0.15) is 0 Å². The highest BCUT2D eigenvalue weighted by Gasteiger charge is 1.59. The molecule has 1 radical (unpaired) electrons. The van der Waals surface area contributed by atoms with Crippen molar-refractivity contribution in [2.75, 3.05) is 0 Å². The Morgan fingerprint density at radius 2 is 1.25 bits per heavy atom. The fourth-order valence-corrected chi connectivity index (χ4v) is 0. The summed E-state index contributed by atoms with van der Waals surface area (Å²) in [7, 11) is 9.81. The van der Waals surface area contributed by atoms with E-state index in [1.165, 1.54) is 0 Å². The van der Waals surface area contributed by atoms with Gasteiger partial charge in [-0.25, -0.2) is 20.1 Å². The van der Waals surface area contributed by atoms with E-state index in [-0.39, 0.29) is 7.43 Å². The van der Waals surface area contributed by atoms with Gasteiger partial charge >= 0.3 is 13.4 Å². The van der Waals surface area contributed by atoms with Crippen LogP contribution in [0.15, 0.2) is 0 Å². The van der Waals surface area contributed by atoms with Gasteiger partial charge in [0.05, 0.1) is 0 Å². The van der Waals surface area contributed by atoms with E-state index in [4.69, 9.17) is 20.1 Å². The lowest BCUT2D eigenvalue weighted by molar-refractivity contribution is 3.24. The topological polar surface area (TPSA) is 0 Å². The summed E-state index contributed by atoms with van der Waals surface area (Å²) in [4.78, 5) is 0. The minimum Gasteiger partial charge on any atom is -0.240 e. The zero-order valence-corrected chi connectivity index (χ0v) is 5.39. The molecule has 0 aromatic heterocycles. The molecule has 0 nitrogen and oxygen atoms in total. The summed E-state index contributed by atoms with van der Waals surface area (Å²) in [5, 5.41) is 0. The molecule has 0 saturated heterocycles. The smallest absolute Gasteiger partial charge is 0.240 e. The van der Waals surface area contributed by atoms with Crippen molar-refractivity contribution in [3.05, 3.63) is 7.43 Å². The molecule has 25 valence electrons. The molecule has 0 aliphatic heterocycles. The monoisotopic (exact) mass is 113 g/mol. The van der Waals surface area contributed by atoms with Crippen molar-refractivity contribution in [1.82, 2.24) is 0 Å². The number of hydrogen-bond donors (Lipinski definition) is 0. The van der Waals surface area contributed by atoms with Gasteiger partial charge in [-0.05, 0) is 0 Å². The third-order valence-corrected chi connectivity index (χ3v) is 0. The summed E-state index contributed by atoms with van der Waals surface area (Å²) in [6, 6.07) is 0. The molecule has 0 aromatic rings. The molecule has 0 aromatic carbocycles. The van der Waals surface area contributed by atoms with Gasteiger partial charge in [-0.2, -0.15) is 0 Å². The Kier molecular flexibility index (Phi) is 19.9. The van der Waals surface area contributed by atoms with E-state index in [1.54, 1.807) is 0 Å². The Morgan fingerprint density at radius 1 is 1.25 bits per heavy atom. The van der Waals surface area contributed by atoms with Crippen LogP contribution < -0.4 is 0 Å². The van der Waals surface area contributed by atoms with Gasteiger partial charge in [0, 0.05) is 0 Å². The summed E-state index contributed by atoms with van der Waals surface area (Å²) in [6.07, 6.45) is 0. The highest BCUT2D eigenvalue weighted by molar-refractivity contribution is 7.22. The minimum absolute atomic E-state index is 0. The molecule has 0 aliphatic carbocycles. The quantitative estimate of drug-likeness (QED) is 0.414. The second-order valence-electron chi connectivity index (χ2n) is 0.101. The van der Waals surface area contributed by atoms with Gasteiger partial charge in [-0.1, -0.05) is 7.43 Å². The van der Waals surface area contributed by atoms with Gasteiger partial charge in [0.2, 0.25) is 0 Å². The third-order valence-electron chi connectivity index (χ3n) is 0. The van der Waals surface area contributed by atoms with Crippen LogP contribution >= 0.6 is 20.1 Å². The van der Waals surface area contributed by atoms with E-state index < -0.39 is 13.4 Å². The second-order valence-corrected chi connectivity index (χ2v) is 2.73. The molecule has 0 N–H and O–H groups in total. The number of hydrogen-bond acceptors (Lipinski definition) is 0. The van der Waals surface area contributed by atoms with E-state index in [1.807, 2.05) is 0 Å². The first-order chi connectivity index (χ1) is 1.41. The summed E-state index contributed by atoms with van der Waals surface area (Å²) in [6.45, 7) is 0. The molecule has 0 unspecified atom stereocenters. The molecule has 0 atom stereocenters. The molecule has 0 fully saturated rings. The van der Waals surface area contributed by atoms with Crippen molar-refractivity contribution in [1.29, 1.82) is 0 Å². The molecule has 0 aliphatic rings. The van der Waals surface area contributed by atoms with Crippen LogP contribution in [0.3, 0.4) is 0 Å². The van der Waals surface area contributed by atoms with E-state index in [9.17, 15) is 0 Å². The minimum atomic E-state index is -0.639. The molecule has 0 bridgehead atoms. The maximum atomic E-state index is 4.90. The van der Waals surface area contributed by atoms with Crippen LogP contribution in [0.5, 0.6) is 0 Å². The van der Waals surface area contributed by atoms with Crippen LogP contribution in [0.2, 0.25) is 0 Å². The Balaban J connectivity index is 0.